The van der Waals surface area contributed by atoms with Gasteiger partial charge in [-0.15, -0.1) is 80.7 Å². The third kappa shape index (κ3) is 9.15. The molecule has 0 spiro atoms. The molecule has 0 amide bonds. The van der Waals surface area contributed by atoms with E-state index in [1.165, 1.54) is 37.5 Å². The third-order valence-electron chi connectivity index (χ3n) is 7.09. The zero-order valence-electron chi connectivity index (χ0n) is 25.9. The Morgan fingerprint density at radius 1 is 0.512 bits per heavy atom. The fourth-order valence-corrected chi connectivity index (χ4v) is 12.4. The van der Waals surface area contributed by atoms with Crippen molar-refractivity contribution in [3.8, 4) is 0 Å². The van der Waals surface area contributed by atoms with E-state index in [0.717, 1.165) is 0 Å². The molecule has 6 aromatic carbocycles. The van der Waals surface area contributed by atoms with Crippen LogP contribution in [0.4, 0.5) is 0 Å². The van der Waals surface area contributed by atoms with E-state index in [4.69, 9.17) is 18.6 Å². The van der Waals surface area contributed by atoms with Gasteiger partial charge in [-0.3, -0.25) is 0 Å². The predicted molar refractivity (Wildman–Crippen MR) is 196 cm³/mol. The zero-order valence-corrected chi connectivity index (χ0v) is 30.7. The van der Waals surface area contributed by atoms with Crippen molar-refractivity contribution in [3.05, 3.63) is 133 Å². The van der Waals surface area contributed by atoms with Gasteiger partial charge in [0.15, 0.2) is 0 Å². The average Bonchev–Trinajstić information content (AvgIpc) is 3.57. The predicted octanol–water partition coefficient (Wildman–Crippen LogP) is 11.0. The molecule has 6 rings (SSSR count). The van der Waals surface area contributed by atoms with Crippen molar-refractivity contribution in [1.82, 2.24) is 0 Å². The third-order valence-corrected chi connectivity index (χ3v) is 13.0. The number of rotatable bonds is 4. The van der Waals surface area contributed by atoms with Crippen molar-refractivity contribution in [2.45, 2.75) is 51.9 Å². The van der Waals surface area contributed by atoms with E-state index in [-0.39, 0.29) is 7.92 Å². The molecule has 0 saturated heterocycles. The molecule has 0 unspecified atom stereocenters. The molecule has 5 heteroatoms. The SMILES string of the molecule is CC(C)(C)P(c1cc2ccccc2[cH-]1)C(C)(C)C.[Cl][Ti][Cl].c1ccc(P(c2ccccc2)c2cc3ccccc3[cH-]2)cc1. The van der Waals surface area contributed by atoms with Crippen LogP contribution in [0.1, 0.15) is 41.5 Å². The normalized spacial score (nSPS) is 11.7. The van der Waals surface area contributed by atoms with Crippen LogP contribution in [0.3, 0.4) is 0 Å². The van der Waals surface area contributed by atoms with Gasteiger partial charge in [0.2, 0.25) is 0 Å². The van der Waals surface area contributed by atoms with Gasteiger partial charge >= 0.3 is 35.6 Å². The summed E-state index contributed by atoms with van der Waals surface area (Å²) in [5.74, 6) is 0. The van der Waals surface area contributed by atoms with Crippen LogP contribution in [0.15, 0.2) is 133 Å². The molecule has 0 radical (unpaired) electrons. The number of hydrogen-bond acceptors (Lipinski definition) is 0. The Bertz CT molecular complexity index is 1570. The quantitative estimate of drug-likeness (QED) is 0.0990. The molecule has 0 aliphatic heterocycles. The van der Waals surface area contributed by atoms with Gasteiger partial charge in [0, 0.05) is 0 Å². The molecule has 0 N–H and O–H groups in total. The van der Waals surface area contributed by atoms with Crippen LogP contribution in [0.5, 0.6) is 0 Å². The van der Waals surface area contributed by atoms with E-state index in [1.54, 1.807) is 5.30 Å². The second-order valence-corrected chi connectivity index (χ2v) is 21.1. The van der Waals surface area contributed by atoms with Gasteiger partial charge in [-0.2, -0.15) is 12.1 Å². The van der Waals surface area contributed by atoms with Crippen LogP contribution in [0, 0.1) is 0 Å². The Hall–Kier alpha value is -1.75. The summed E-state index contributed by atoms with van der Waals surface area (Å²) in [5, 5.41) is 11.9. The van der Waals surface area contributed by atoms with Crippen molar-refractivity contribution in [3.63, 3.8) is 0 Å². The molecule has 0 fully saturated rings. The Labute approximate surface area is 277 Å². The van der Waals surface area contributed by atoms with E-state index in [9.17, 15) is 0 Å². The molecule has 0 aliphatic carbocycles. The largest absolute Gasteiger partial charge is 0.160 e. The molecule has 0 atom stereocenters. The fourth-order valence-electron chi connectivity index (χ4n) is 5.91. The van der Waals surface area contributed by atoms with E-state index < -0.39 is 25.0 Å². The van der Waals surface area contributed by atoms with Gasteiger partial charge in [0.05, 0.1) is 0 Å². The van der Waals surface area contributed by atoms with E-state index in [2.05, 4.69) is 175 Å². The van der Waals surface area contributed by atoms with Crippen LogP contribution in [-0.4, -0.2) is 10.3 Å². The van der Waals surface area contributed by atoms with Crippen LogP contribution in [0.25, 0.3) is 21.5 Å². The second kappa shape index (κ2) is 15.5. The summed E-state index contributed by atoms with van der Waals surface area (Å²) in [7, 11) is 9.10. The Balaban J connectivity index is 0.000000184. The molecule has 0 nitrogen and oxygen atoms in total. The first kappa shape index (κ1) is 34.1. The maximum Gasteiger partial charge on any atom is -0.0166 e. The maximum absolute atomic E-state index is 4.89. The molecule has 0 aromatic heterocycles. The summed E-state index contributed by atoms with van der Waals surface area (Å²) in [6, 6.07) is 48.5. The van der Waals surface area contributed by atoms with E-state index in [0.29, 0.717) is 10.3 Å². The van der Waals surface area contributed by atoms with Crippen molar-refractivity contribution in [1.29, 1.82) is 0 Å². The number of hydrogen-bond donors (Lipinski definition) is 0. The molecule has 0 heterocycles. The molecule has 222 valence electrons. The minimum absolute atomic E-state index is 0.185. The van der Waals surface area contributed by atoms with Gasteiger partial charge in [-0.1, -0.05) is 122 Å². The van der Waals surface area contributed by atoms with Crippen molar-refractivity contribution < 1.29 is 17.0 Å². The molecule has 6 aromatic rings. The van der Waals surface area contributed by atoms with Crippen LogP contribution < -0.4 is 21.2 Å². The molecule has 0 aliphatic rings. The summed E-state index contributed by atoms with van der Waals surface area (Å²) < 4.78 is 0. The molecule has 0 saturated carbocycles. The topological polar surface area (TPSA) is 0 Å². The Morgan fingerprint density at radius 3 is 1.26 bits per heavy atom. The van der Waals surface area contributed by atoms with E-state index >= 15 is 0 Å². The molecular formula is C38H40Cl2P2Ti-2. The first-order valence-corrected chi connectivity index (χ1v) is 21.5. The summed E-state index contributed by atoms with van der Waals surface area (Å²) in [4.78, 5) is 0. The van der Waals surface area contributed by atoms with Crippen molar-refractivity contribution in [2.75, 3.05) is 0 Å². The maximum atomic E-state index is 4.89. The first-order valence-electron chi connectivity index (χ1n) is 14.5. The zero-order chi connectivity index (χ0) is 31.0. The Kier molecular flexibility index (Phi) is 12.3. The monoisotopic (exact) mass is 676 g/mol. The minimum Gasteiger partial charge on any atom is -0.160 e. The van der Waals surface area contributed by atoms with Gasteiger partial charge < -0.3 is 0 Å². The summed E-state index contributed by atoms with van der Waals surface area (Å²) in [6.07, 6.45) is 0. The first-order chi connectivity index (χ1) is 20.5. The van der Waals surface area contributed by atoms with Crippen molar-refractivity contribution in [2.24, 2.45) is 0 Å². The molecular weight excluding hydrogens is 637 g/mol. The number of benzene rings is 4. The van der Waals surface area contributed by atoms with E-state index in [1.807, 2.05) is 0 Å². The molecule has 0 bridgehead atoms. The van der Waals surface area contributed by atoms with Gasteiger partial charge in [0.25, 0.3) is 0 Å². The summed E-state index contributed by atoms with van der Waals surface area (Å²) in [5.41, 5.74) is 0. The number of halogens is 2. The van der Waals surface area contributed by atoms with Gasteiger partial charge in [-0.05, 0) is 28.8 Å². The standard InChI is InChI=1S/C21H16P.C17H24P.2ClH.Ti/c1-3-11-19(12-4-1)22(20-13-5-2-6-14-20)21-15-17-9-7-8-10-18(17)16-21;1-16(2,3)18(17(4,5)6)15-11-13-9-7-8-10-14(13)12-15;;;/h1-16H;7-12H,1-6H3;2*1H;/q2*-1;;;+2/p-2. The molecule has 43 heavy (non-hydrogen) atoms. The Morgan fingerprint density at radius 2 is 0.860 bits per heavy atom. The van der Waals surface area contributed by atoms with Gasteiger partial charge in [-0.25, -0.2) is 0 Å². The van der Waals surface area contributed by atoms with Crippen LogP contribution in [0.2, 0.25) is 0 Å². The summed E-state index contributed by atoms with van der Waals surface area (Å²) in [6.45, 7) is 14.3. The minimum atomic E-state index is -0.556. The van der Waals surface area contributed by atoms with Gasteiger partial charge in [0.1, 0.15) is 0 Å². The smallest absolute Gasteiger partial charge is 0.0166 e. The van der Waals surface area contributed by atoms with Crippen LogP contribution in [-0.2, 0) is 17.0 Å². The summed E-state index contributed by atoms with van der Waals surface area (Å²) >= 11 is -0.556. The fraction of sp³-hybridized carbons (Fsp3) is 0.211. The van der Waals surface area contributed by atoms with Crippen LogP contribution >= 0.6 is 34.5 Å². The second-order valence-electron chi connectivity index (χ2n) is 12.4. The average molecular weight is 677 g/mol. The van der Waals surface area contributed by atoms with Crippen molar-refractivity contribution >= 4 is 77.2 Å². The number of fused-ring (bicyclic) bond motifs is 2.